The molecule has 0 fully saturated rings. The van der Waals surface area contributed by atoms with E-state index < -0.39 is 12.2 Å². The number of para-hydroxylation sites is 2. The smallest absolute Gasteiger partial charge is 0.411 e. The lowest BCUT2D eigenvalue weighted by atomic mass is 10.2. The summed E-state index contributed by atoms with van der Waals surface area (Å²) in [7, 11) is 1.29. The Morgan fingerprint density at radius 3 is 1.33 bits per heavy atom. The Hall–Kier alpha value is -6.04. The SMILES string of the molecule is CCOC(=O)Nc1cc(NC(=O)Nc2ccccc2)ccc1C.COC(=O)Nc1cc(NC(=O)Nc2ccccc2)ccc1C. The number of hydrogen-bond donors (Lipinski definition) is 6. The van der Waals surface area contributed by atoms with Gasteiger partial charge in [-0.15, -0.1) is 0 Å². The lowest BCUT2D eigenvalue weighted by molar-refractivity contribution is 0.168. The Morgan fingerprint density at radius 1 is 0.533 bits per heavy atom. The van der Waals surface area contributed by atoms with Crippen LogP contribution in [-0.4, -0.2) is 38.0 Å². The first-order valence-electron chi connectivity index (χ1n) is 13.9. The van der Waals surface area contributed by atoms with Crippen LogP contribution in [-0.2, 0) is 9.47 Å². The summed E-state index contributed by atoms with van der Waals surface area (Å²) in [6.07, 6.45) is -1.09. The largest absolute Gasteiger partial charge is 0.453 e. The van der Waals surface area contributed by atoms with Crippen molar-refractivity contribution in [1.82, 2.24) is 0 Å². The lowest BCUT2D eigenvalue weighted by Crippen LogP contribution is -2.20. The fraction of sp³-hybridized carbons (Fsp3) is 0.152. The zero-order valence-electron chi connectivity index (χ0n) is 25.4. The maximum Gasteiger partial charge on any atom is 0.411 e. The van der Waals surface area contributed by atoms with Crippen LogP contribution in [0.15, 0.2) is 97.1 Å². The van der Waals surface area contributed by atoms with Crippen molar-refractivity contribution < 1.29 is 28.7 Å². The first-order valence-corrected chi connectivity index (χ1v) is 13.9. The van der Waals surface area contributed by atoms with Gasteiger partial charge >= 0.3 is 24.2 Å². The Morgan fingerprint density at radius 2 is 0.933 bits per heavy atom. The molecule has 0 aromatic heterocycles. The average Bonchev–Trinajstić information content (AvgIpc) is 3.02. The van der Waals surface area contributed by atoms with Gasteiger partial charge in [-0.25, -0.2) is 19.2 Å². The number of amides is 6. The molecule has 0 heterocycles. The van der Waals surface area contributed by atoms with Gasteiger partial charge in [-0.3, -0.25) is 10.6 Å². The summed E-state index contributed by atoms with van der Waals surface area (Å²) in [6.45, 7) is 5.73. The molecule has 6 amide bonds. The van der Waals surface area contributed by atoms with Gasteiger partial charge in [0.1, 0.15) is 0 Å². The quantitative estimate of drug-likeness (QED) is 0.124. The molecule has 0 aliphatic carbocycles. The van der Waals surface area contributed by atoms with Crippen LogP contribution < -0.4 is 31.9 Å². The molecule has 0 unspecified atom stereocenters. The van der Waals surface area contributed by atoms with Crippen molar-refractivity contribution in [2.45, 2.75) is 20.8 Å². The highest BCUT2D eigenvalue weighted by atomic mass is 16.5. The maximum atomic E-state index is 12.0. The highest BCUT2D eigenvalue weighted by Gasteiger charge is 2.09. The van der Waals surface area contributed by atoms with Crippen LogP contribution in [0.25, 0.3) is 0 Å². The van der Waals surface area contributed by atoms with Gasteiger partial charge in [0.25, 0.3) is 0 Å². The molecule has 4 aromatic carbocycles. The summed E-state index contributed by atoms with van der Waals surface area (Å²) in [4.78, 5) is 46.7. The van der Waals surface area contributed by atoms with Crippen molar-refractivity contribution in [2.24, 2.45) is 0 Å². The predicted octanol–water partition coefficient (Wildman–Crippen LogP) is 8.02. The predicted molar refractivity (Wildman–Crippen MR) is 177 cm³/mol. The molecule has 0 aliphatic rings. The molecule has 4 rings (SSSR count). The van der Waals surface area contributed by atoms with E-state index in [0.29, 0.717) is 40.7 Å². The normalized spacial score (nSPS) is 9.78. The molecule has 12 nitrogen and oxygen atoms in total. The van der Waals surface area contributed by atoms with Crippen LogP contribution >= 0.6 is 0 Å². The molecule has 234 valence electrons. The van der Waals surface area contributed by atoms with Crippen LogP contribution in [0.1, 0.15) is 18.1 Å². The third-order valence-corrected chi connectivity index (χ3v) is 5.99. The number of nitrogens with one attached hydrogen (secondary N) is 6. The number of urea groups is 2. The maximum absolute atomic E-state index is 12.0. The van der Waals surface area contributed by atoms with Gasteiger partial charge in [0.05, 0.1) is 13.7 Å². The molecule has 12 heteroatoms. The third-order valence-electron chi connectivity index (χ3n) is 5.99. The number of carbonyl (C=O) groups is 4. The van der Waals surface area contributed by atoms with E-state index >= 15 is 0 Å². The topological polar surface area (TPSA) is 159 Å². The summed E-state index contributed by atoms with van der Waals surface area (Å²) in [5.41, 5.74) is 5.40. The van der Waals surface area contributed by atoms with E-state index in [0.717, 1.165) is 11.1 Å². The number of methoxy groups -OCH3 is 1. The monoisotopic (exact) mass is 612 g/mol. The Bertz CT molecular complexity index is 1600. The number of hydrogen-bond acceptors (Lipinski definition) is 6. The van der Waals surface area contributed by atoms with Crippen LogP contribution in [0.5, 0.6) is 0 Å². The number of carbonyl (C=O) groups excluding carboxylic acids is 4. The molecule has 6 N–H and O–H groups in total. The second-order valence-electron chi connectivity index (χ2n) is 9.41. The molecular weight excluding hydrogens is 576 g/mol. The van der Waals surface area contributed by atoms with Crippen molar-refractivity contribution >= 4 is 58.4 Å². The minimum Gasteiger partial charge on any atom is -0.453 e. The zero-order valence-corrected chi connectivity index (χ0v) is 25.4. The Balaban J connectivity index is 0.000000246. The molecule has 0 spiro atoms. The zero-order chi connectivity index (χ0) is 32.6. The molecule has 4 aromatic rings. The number of rotatable bonds is 7. The standard InChI is InChI=1S/C17H19N3O3.C16H17N3O3/c1-3-23-17(22)20-15-11-14(10-9-12(15)2)19-16(21)18-13-7-5-4-6-8-13;1-11-8-9-13(10-14(11)19-16(21)22-2)18-15(20)17-12-6-4-3-5-7-12/h4-11H,3H2,1-2H3,(H,20,22)(H2,18,19,21);3-10H,1-2H3,(H,19,21)(H2,17,18,20). The van der Waals surface area contributed by atoms with E-state index in [1.54, 1.807) is 67.6 Å². The first-order chi connectivity index (χ1) is 21.7. The van der Waals surface area contributed by atoms with E-state index in [-0.39, 0.29) is 12.1 Å². The lowest BCUT2D eigenvalue weighted by Gasteiger charge is -2.12. The summed E-state index contributed by atoms with van der Waals surface area (Å²) in [6, 6.07) is 28.0. The summed E-state index contributed by atoms with van der Waals surface area (Å²) >= 11 is 0. The van der Waals surface area contributed by atoms with E-state index in [2.05, 4.69) is 36.6 Å². The van der Waals surface area contributed by atoms with Crippen molar-refractivity contribution in [1.29, 1.82) is 0 Å². The van der Waals surface area contributed by atoms with Gasteiger partial charge in [0.2, 0.25) is 0 Å². The number of ether oxygens (including phenoxy) is 2. The summed E-state index contributed by atoms with van der Waals surface area (Å²) in [5.74, 6) is 0. The molecular formula is C33H36N6O6. The second-order valence-corrected chi connectivity index (χ2v) is 9.41. The fourth-order valence-corrected chi connectivity index (χ4v) is 3.74. The summed E-state index contributed by atoms with van der Waals surface area (Å²) in [5, 5.41) is 16.1. The minimum atomic E-state index is -0.561. The molecule has 0 saturated carbocycles. The first kappa shape index (κ1) is 33.5. The number of benzene rings is 4. The fourth-order valence-electron chi connectivity index (χ4n) is 3.74. The van der Waals surface area contributed by atoms with E-state index in [1.165, 1.54) is 7.11 Å². The highest BCUT2D eigenvalue weighted by Crippen LogP contribution is 2.22. The Labute approximate surface area is 261 Å². The molecule has 45 heavy (non-hydrogen) atoms. The van der Waals surface area contributed by atoms with Crippen LogP contribution in [0, 0.1) is 13.8 Å². The third kappa shape index (κ3) is 11.6. The van der Waals surface area contributed by atoms with Crippen LogP contribution in [0.4, 0.5) is 53.3 Å². The van der Waals surface area contributed by atoms with E-state index in [1.807, 2.05) is 50.2 Å². The van der Waals surface area contributed by atoms with Gasteiger partial charge in [-0.2, -0.15) is 0 Å². The van der Waals surface area contributed by atoms with Crippen molar-refractivity contribution in [3.63, 3.8) is 0 Å². The van der Waals surface area contributed by atoms with Gasteiger partial charge in [0.15, 0.2) is 0 Å². The van der Waals surface area contributed by atoms with Crippen LogP contribution in [0.2, 0.25) is 0 Å². The second kappa shape index (κ2) is 17.2. The molecule has 0 atom stereocenters. The van der Waals surface area contributed by atoms with Gasteiger partial charge < -0.3 is 30.7 Å². The van der Waals surface area contributed by atoms with Crippen LogP contribution in [0.3, 0.4) is 0 Å². The van der Waals surface area contributed by atoms with Gasteiger partial charge in [-0.1, -0.05) is 48.5 Å². The molecule has 0 saturated heterocycles. The highest BCUT2D eigenvalue weighted by molar-refractivity contribution is 6.01. The summed E-state index contributed by atoms with van der Waals surface area (Å²) < 4.78 is 9.41. The molecule has 0 aliphatic heterocycles. The van der Waals surface area contributed by atoms with Gasteiger partial charge in [0, 0.05) is 34.1 Å². The Kier molecular flexibility index (Phi) is 12.8. The average molecular weight is 613 g/mol. The minimum absolute atomic E-state index is 0.294. The van der Waals surface area contributed by atoms with E-state index in [9.17, 15) is 19.2 Å². The number of anilines is 6. The number of aryl methyl sites for hydroxylation is 2. The van der Waals surface area contributed by atoms with Crippen molar-refractivity contribution in [3.8, 4) is 0 Å². The van der Waals surface area contributed by atoms with Crippen molar-refractivity contribution in [2.75, 3.05) is 45.6 Å². The molecule has 0 bridgehead atoms. The van der Waals surface area contributed by atoms with Crippen molar-refractivity contribution in [3.05, 3.63) is 108 Å². The van der Waals surface area contributed by atoms with E-state index in [4.69, 9.17) is 4.74 Å². The molecule has 0 radical (unpaired) electrons. The van der Waals surface area contributed by atoms with Gasteiger partial charge in [-0.05, 0) is 80.4 Å².